The SMILES string of the molecule is c1ccc2c(c1)sc1ccnc(-c3cc4ccncc4cn3)c12. The number of hydrogen-bond donors (Lipinski definition) is 0. The summed E-state index contributed by atoms with van der Waals surface area (Å²) in [7, 11) is 0. The first-order chi connectivity index (χ1) is 11.4. The van der Waals surface area contributed by atoms with Gasteiger partial charge in [-0.3, -0.25) is 15.0 Å². The highest BCUT2D eigenvalue weighted by Crippen LogP contribution is 2.38. The molecule has 0 aliphatic rings. The maximum absolute atomic E-state index is 4.63. The summed E-state index contributed by atoms with van der Waals surface area (Å²) in [6, 6.07) is 14.6. The largest absolute Gasteiger partial charge is 0.264 e. The van der Waals surface area contributed by atoms with Crippen LogP contribution < -0.4 is 0 Å². The predicted molar refractivity (Wildman–Crippen MR) is 95.7 cm³/mol. The summed E-state index contributed by atoms with van der Waals surface area (Å²) in [6.45, 7) is 0. The second-order valence-corrected chi connectivity index (χ2v) is 6.51. The summed E-state index contributed by atoms with van der Waals surface area (Å²) < 4.78 is 2.52. The highest BCUT2D eigenvalue weighted by atomic mass is 32.1. The summed E-state index contributed by atoms with van der Waals surface area (Å²) in [5, 5.41) is 4.60. The average Bonchev–Trinajstić information content (AvgIpc) is 3.00. The highest BCUT2D eigenvalue weighted by molar-refractivity contribution is 7.25. The van der Waals surface area contributed by atoms with E-state index in [2.05, 4.69) is 51.4 Å². The first-order valence-corrected chi connectivity index (χ1v) is 8.18. The molecule has 0 bridgehead atoms. The molecule has 0 saturated heterocycles. The summed E-state index contributed by atoms with van der Waals surface area (Å²) in [5.74, 6) is 0. The fourth-order valence-corrected chi connectivity index (χ4v) is 4.08. The minimum Gasteiger partial charge on any atom is -0.264 e. The van der Waals surface area contributed by atoms with Crippen molar-refractivity contribution in [3.63, 3.8) is 0 Å². The Labute approximate surface area is 136 Å². The first kappa shape index (κ1) is 12.7. The second-order valence-electron chi connectivity index (χ2n) is 5.42. The van der Waals surface area contributed by atoms with Crippen molar-refractivity contribution < 1.29 is 0 Å². The zero-order chi connectivity index (χ0) is 15.2. The van der Waals surface area contributed by atoms with Gasteiger partial charge in [-0.15, -0.1) is 11.3 Å². The van der Waals surface area contributed by atoms with E-state index in [-0.39, 0.29) is 0 Å². The van der Waals surface area contributed by atoms with Crippen molar-refractivity contribution in [3.05, 3.63) is 67.3 Å². The van der Waals surface area contributed by atoms with E-state index in [1.807, 2.05) is 24.7 Å². The molecule has 4 heterocycles. The number of benzene rings is 1. The number of rotatable bonds is 1. The van der Waals surface area contributed by atoms with Crippen molar-refractivity contribution in [2.45, 2.75) is 0 Å². The molecule has 0 aliphatic carbocycles. The van der Waals surface area contributed by atoms with Gasteiger partial charge in [0.15, 0.2) is 0 Å². The molecule has 1 aromatic carbocycles. The molecule has 0 aliphatic heterocycles. The maximum Gasteiger partial charge on any atom is 0.0979 e. The van der Waals surface area contributed by atoms with Crippen LogP contribution in [0.25, 0.3) is 42.3 Å². The Morgan fingerprint density at radius 1 is 0.783 bits per heavy atom. The Morgan fingerprint density at radius 2 is 1.74 bits per heavy atom. The van der Waals surface area contributed by atoms with E-state index in [1.54, 1.807) is 17.5 Å². The molecule has 0 N–H and O–H groups in total. The Hall–Kier alpha value is -2.85. The van der Waals surface area contributed by atoms with Gasteiger partial charge in [0.25, 0.3) is 0 Å². The molecule has 0 fully saturated rings. The van der Waals surface area contributed by atoms with Gasteiger partial charge in [-0.2, -0.15) is 0 Å². The lowest BCUT2D eigenvalue weighted by Gasteiger charge is -2.04. The smallest absolute Gasteiger partial charge is 0.0979 e. The van der Waals surface area contributed by atoms with Gasteiger partial charge in [0.1, 0.15) is 0 Å². The lowest BCUT2D eigenvalue weighted by molar-refractivity contribution is 1.27. The highest BCUT2D eigenvalue weighted by Gasteiger charge is 2.13. The van der Waals surface area contributed by atoms with Crippen LogP contribution in [-0.2, 0) is 0 Å². The van der Waals surface area contributed by atoms with Gasteiger partial charge in [0.2, 0.25) is 0 Å². The third kappa shape index (κ3) is 1.92. The number of fused-ring (bicyclic) bond motifs is 4. The molecule has 0 saturated carbocycles. The Kier molecular flexibility index (Phi) is 2.66. The van der Waals surface area contributed by atoms with Crippen LogP contribution in [0.15, 0.2) is 67.3 Å². The number of hydrogen-bond acceptors (Lipinski definition) is 4. The summed E-state index contributed by atoms with van der Waals surface area (Å²) >= 11 is 1.80. The van der Waals surface area contributed by atoms with Crippen LogP contribution in [0.2, 0.25) is 0 Å². The summed E-state index contributed by atoms with van der Waals surface area (Å²) in [6.07, 6.45) is 7.37. The average molecular weight is 313 g/mol. The third-order valence-electron chi connectivity index (χ3n) is 4.05. The van der Waals surface area contributed by atoms with Gasteiger partial charge >= 0.3 is 0 Å². The van der Waals surface area contributed by atoms with Gasteiger partial charge in [0, 0.05) is 50.3 Å². The zero-order valence-corrected chi connectivity index (χ0v) is 12.9. The Balaban J connectivity index is 1.87. The second kappa shape index (κ2) is 4.83. The minimum atomic E-state index is 0.901. The van der Waals surface area contributed by atoms with E-state index in [4.69, 9.17) is 0 Å². The van der Waals surface area contributed by atoms with Gasteiger partial charge < -0.3 is 0 Å². The van der Waals surface area contributed by atoms with Gasteiger partial charge in [-0.25, -0.2) is 0 Å². The van der Waals surface area contributed by atoms with Crippen molar-refractivity contribution in [2.75, 3.05) is 0 Å². The van der Waals surface area contributed by atoms with Crippen LogP contribution in [0.1, 0.15) is 0 Å². The summed E-state index contributed by atoms with van der Waals surface area (Å²) in [5.41, 5.74) is 1.84. The molecule has 5 rings (SSSR count). The van der Waals surface area contributed by atoms with Crippen molar-refractivity contribution >= 4 is 42.3 Å². The molecule has 108 valence electrons. The number of thiophene rings is 1. The molecule has 0 unspecified atom stereocenters. The Bertz CT molecular complexity index is 1180. The molecule has 5 aromatic rings. The van der Waals surface area contributed by atoms with Crippen LogP contribution in [-0.4, -0.2) is 15.0 Å². The number of aromatic nitrogens is 3. The fraction of sp³-hybridized carbons (Fsp3) is 0. The van der Waals surface area contributed by atoms with Crippen LogP contribution in [0.3, 0.4) is 0 Å². The molecular weight excluding hydrogens is 302 g/mol. The lowest BCUT2D eigenvalue weighted by Crippen LogP contribution is -1.88. The molecule has 0 amide bonds. The third-order valence-corrected chi connectivity index (χ3v) is 5.19. The van der Waals surface area contributed by atoms with Crippen molar-refractivity contribution in [1.82, 2.24) is 15.0 Å². The van der Waals surface area contributed by atoms with Crippen molar-refractivity contribution in [3.8, 4) is 11.4 Å². The maximum atomic E-state index is 4.63. The van der Waals surface area contributed by atoms with Crippen LogP contribution in [0.5, 0.6) is 0 Å². The monoisotopic (exact) mass is 313 g/mol. The van der Waals surface area contributed by atoms with Crippen molar-refractivity contribution in [2.24, 2.45) is 0 Å². The summed E-state index contributed by atoms with van der Waals surface area (Å²) in [4.78, 5) is 13.4. The predicted octanol–water partition coefficient (Wildman–Crippen LogP) is 5.06. The van der Waals surface area contributed by atoms with Crippen LogP contribution in [0.4, 0.5) is 0 Å². The van der Waals surface area contributed by atoms with E-state index in [0.29, 0.717) is 0 Å². The van der Waals surface area contributed by atoms with Gasteiger partial charge in [-0.1, -0.05) is 18.2 Å². The van der Waals surface area contributed by atoms with Crippen LogP contribution >= 0.6 is 11.3 Å². The van der Waals surface area contributed by atoms with Gasteiger partial charge in [0.05, 0.1) is 11.4 Å². The Morgan fingerprint density at radius 3 is 2.74 bits per heavy atom. The standard InChI is InChI=1S/C19H11N3S/c1-2-4-16-14(3-1)18-17(23-16)6-8-21-19(18)15-9-12-5-7-20-10-13(12)11-22-15/h1-11H. The molecule has 23 heavy (non-hydrogen) atoms. The molecular formula is C19H11N3S. The molecule has 4 aromatic heterocycles. The van der Waals surface area contributed by atoms with E-state index < -0.39 is 0 Å². The van der Waals surface area contributed by atoms with E-state index in [1.165, 1.54) is 20.2 Å². The molecule has 0 atom stereocenters. The van der Waals surface area contributed by atoms with E-state index >= 15 is 0 Å². The van der Waals surface area contributed by atoms with E-state index in [0.717, 1.165) is 22.2 Å². The van der Waals surface area contributed by atoms with Crippen LogP contribution in [0, 0.1) is 0 Å². The first-order valence-electron chi connectivity index (χ1n) is 7.36. The number of nitrogens with zero attached hydrogens (tertiary/aromatic N) is 3. The normalized spacial score (nSPS) is 11.5. The minimum absolute atomic E-state index is 0.901. The molecule has 0 spiro atoms. The molecule has 0 radical (unpaired) electrons. The quantitative estimate of drug-likeness (QED) is 0.434. The van der Waals surface area contributed by atoms with Crippen molar-refractivity contribution in [1.29, 1.82) is 0 Å². The molecule has 3 nitrogen and oxygen atoms in total. The zero-order valence-electron chi connectivity index (χ0n) is 12.1. The van der Waals surface area contributed by atoms with E-state index in [9.17, 15) is 0 Å². The number of pyridine rings is 3. The topological polar surface area (TPSA) is 38.7 Å². The fourth-order valence-electron chi connectivity index (χ4n) is 2.97. The lowest BCUT2D eigenvalue weighted by atomic mass is 10.1. The van der Waals surface area contributed by atoms with Gasteiger partial charge in [-0.05, 0) is 29.7 Å². The molecule has 4 heteroatoms.